The van der Waals surface area contributed by atoms with E-state index in [1.165, 1.54) is 34.6 Å². The molecular formula is C13H22BrN3S. The minimum Gasteiger partial charge on any atom is -0.329 e. The Bertz CT molecular complexity index is 361. The summed E-state index contributed by atoms with van der Waals surface area (Å²) in [6.07, 6.45) is 2.53. The first-order valence-electron chi connectivity index (χ1n) is 6.59. The van der Waals surface area contributed by atoms with Crippen molar-refractivity contribution in [2.24, 2.45) is 11.7 Å². The van der Waals surface area contributed by atoms with Crippen molar-refractivity contribution in [3.05, 3.63) is 20.8 Å². The predicted molar refractivity (Wildman–Crippen MR) is 82.0 cm³/mol. The van der Waals surface area contributed by atoms with Gasteiger partial charge in [0.15, 0.2) is 0 Å². The van der Waals surface area contributed by atoms with Gasteiger partial charge in [0.05, 0.1) is 3.79 Å². The van der Waals surface area contributed by atoms with Crippen LogP contribution in [0, 0.1) is 5.92 Å². The van der Waals surface area contributed by atoms with Crippen LogP contribution in [-0.4, -0.2) is 38.1 Å². The topological polar surface area (TPSA) is 41.3 Å². The van der Waals surface area contributed by atoms with Gasteiger partial charge in [0.1, 0.15) is 0 Å². The summed E-state index contributed by atoms with van der Waals surface area (Å²) in [4.78, 5) is 3.93. The predicted octanol–water partition coefficient (Wildman–Crippen LogP) is 2.44. The molecule has 102 valence electrons. The van der Waals surface area contributed by atoms with Gasteiger partial charge in [-0.3, -0.25) is 0 Å². The molecule has 1 atom stereocenters. The van der Waals surface area contributed by atoms with Crippen LogP contribution < -0.4 is 11.1 Å². The lowest BCUT2D eigenvalue weighted by molar-refractivity contribution is 0.165. The summed E-state index contributed by atoms with van der Waals surface area (Å²) in [6.45, 7) is 4.19. The zero-order chi connectivity index (χ0) is 13.0. The molecule has 18 heavy (non-hydrogen) atoms. The number of rotatable bonds is 5. The Balaban J connectivity index is 1.94. The molecule has 2 heterocycles. The van der Waals surface area contributed by atoms with Crippen LogP contribution in [0.4, 0.5) is 0 Å². The highest BCUT2D eigenvalue weighted by Crippen LogP contribution is 2.35. The second kappa shape index (κ2) is 7.01. The van der Waals surface area contributed by atoms with Gasteiger partial charge in [-0.15, -0.1) is 11.3 Å². The molecule has 1 saturated heterocycles. The van der Waals surface area contributed by atoms with Crippen molar-refractivity contribution >= 4 is 27.3 Å². The second-order valence-electron chi connectivity index (χ2n) is 4.88. The number of likely N-dealkylation sites (tertiary alicyclic amines) is 1. The highest BCUT2D eigenvalue weighted by atomic mass is 79.9. The molecule has 3 N–H and O–H groups in total. The number of thiophene rings is 1. The summed E-state index contributed by atoms with van der Waals surface area (Å²) >= 11 is 5.40. The van der Waals surface area contributed by atoms with Crippen LogP contribution in [0.5, 0.6) is 0 Å². The van der Waals surface area contributed by atoms with Crippen molar-refractivity contribution in [2.45, 2.75) is 18.9 Å². The van der Waals surface area contributed by atoms with Crippen molar-refractivity contribution < 1.29 is 0 Å². The molecule has 0 saturated carbocycles. The van der Waals surface area contributed by atoms with Crippen LogP contribution in [0.15, 0.2) is 15.9 Å². The lowest BCUT2D eigenvalue weighted by atomic mass is 9.88. The van der Waals surface area contributed by atoms with Gasteiger partial charge in [-0.05, 0) is 67.0 Å². The molecule has 3 nitrogen and oxygen atoms in total. The number of nitrogens with two attached hydrogens (primary N) is 1. The summed E-state index contributed by atoms with van der Waals surface area (Å²) in [6, 6.07) is 4.89. The van der Waals surface area contributed by atoms with Crippen molar-refractivity contribution in [3.63, 3.8) is 0 Å². The fraction of sp³-hybridized carbons (Fsp3) is 0.692. The molecule has 2 rings (SSSR count). The Hall–Kier alpha value is 0.0600. The summed E-state index contributed by atoms with van der Waals surface area (Å²) in [5, 5.41) is 3.49. The zero-order valence-corrected chi connectivity index (χ0v) is 13.3. The third kappa shape index (κ3) is 3.54. The Morgan fingerprint density at radius 1 is 1.50 bits per heavy atom. The first kappa shape index (κ1) is 14.5. The lowest BCUT2D eigenvalue weighted by Gasteiger charge is -2.35. The molecule has 1 aromatic rings. The number of hydrogen-bond donors (Lipinski definition) is 2. The Labute approximate surface area is 122 Å². The SMILES string of the molecule is CNC(c1ccc(Br)s1)C1CCN(CCN)CC1. The molecule has 0 aromatic carbocycles. The van der Waals surface area contributed by atoms with Crippen LogP contribution in [-0.2, 0) is 0 Å². The molecule has 0 aliphatic carbocycles. The van der Waals surface area contributed by atoms with E-state index in [2.05, 4.69) is 45.3 Å². The average Bonchev–Trinajstić information content (AvgIpc) is 2.79. The number of halogens is 1. The lowest BCUT2D eigenvalue weighted by Crippen LogP contribution is -2.40. The monoisotopic (exact) mass is 331 g/mol. The van der Waals surface area contributed by atoms with Crippen molar-refractivity contribution in [2.75, 3.05) is 33.2 Å². The molecular weight excluding hydrogens is 310 g/mol. The zero-order valence-electron chi connectivity index (χ0n) is 10.9. The van der Waals surface area contributed by atoms with E-state index in [4.69, 9.17) is 5.73 Å². The Kier molecular flexibility index (Phi) is 5.63. The second-order valence-corrected chi connectivity index (χ2v) is 7.37. The van der Waals surface area contributed by atoms with Gasteiger partial charge in [0.25, 0.3) is 0 Å². The fourth-order valence-electron chi connectivity index (χ4n) is 2.80. The smallest absolute Gasteiger partial charge is 0.0701 e. The minimum atomic E-state index is 0.501. The number of nitrogens with zero attached hydrogens (tertiary/aromatic N) is 1. The van der Waals surface area contributed by atoms with Crippen LogP contribution in [0.2, 0.25) is 0 Å². The molecule has 1 aliphatic heterocycles. The van der Waals surface area contributed by atoms with Gasteiger partial charge in [-0.1, -0.05) is 0 Å². The van der Waals surface area contributed by atoms with Crippen molar-refractivity contribution in [1.29, 1.82) is 0 Å². The highest BCUT2D eigenvalue weighted by molar-refractivity contribution is 9.11. The quantitative estimate of drug-likeness (QED) is 0.870. The van der Waals surface area contributed by atoms with Gasteiger partial charge in [0, 0.05) is 24.0 Å². The van der Waals surface area contributed by atoms with E-state index in [1.54, 1.807) is 0 Å². The number of piperidine rings is 1. The number of hydrogen-bond acceptors (Lipinski definition) is 4. The standard InChI is InChI=1S/C13H22BrN3S/c1-16-13(11-2-3-12(14)18-11)10-4-7-17(8-5-10)9-6-15/h2-3,10,13,16H,4-9,15H2,1H3. The third-order valence-corrected chi connectivity index (χ3v) is 5.47. The number of nitrogens with one attached hydrogen (secondary N) is 1. The van der Waals surface area contributed by atoms with Crippen LogP contribution in [0.3, 0.4) is 0 Å². The van der Waals surface area contributed by atoms with Crippen molar-refractivity contribution in [1.82, 2.24) is 10.2 Å². The minimum absolute atomic E-state index is 0.501. The largest absolute Gasteiger partial charge is 0.329 e. The molecule has 1 aromatic heterocycles. The fourth-order valence-corrected chi connectivity index (χ4v) is 4.43. The molecule has 5 heteroatoms. The summed E-state index contributed by atoms with van der Waals surface area (Å²) in [5.74, 6) is 0.745. The van der Waals surface area contributed by atoms with Gasteiger partial charge in [-0.25, -0.2) is 0 Å². The summed E-state index contributed by atoms with van der Waals surface area (Å²) in [7, 11) is 2.07. The van der Waals surface area contributed by atoms with Gasteiger partial charge >= 0.3 is 0 Å². The van der Waals surface area contributed by atoms with Crippen LogP contribution in [0.1, 0.15) is 23.8 Å². The van der Waals surface area contributed by atoms with E-state index in [-0.39, 0.29) is 0 Å². The molecule has 0 bridgehead atoms. The van der Waals surface area contributed by atoms with Crippen LogP contribution >= 0.6 is 27.3 Å². The van der Waals surface area contributed by atoms with E-state index < -0.39 is 0 Å². The molecule has 1 fully saturated rings. The normalized spacial score (nSPS) is 20.2. The average molecular weight is 332 g/mol. The highest BCUT2D eigenvalue weighted by Gasteiger charge is 2.27. The third-order valence-electron chi connectivity index (χ3n) is 3.76. The van der Waals surface area contributed by atoms with Crippen LogP contribution in [0.25, 0.3) is 0 Å². The first-order chi connectivity index (χ1) is 8.74. The molecule has 1 aliphatic rings. The van der Waals surface area contributed by atoms with Crippen molar-refractivity contribution in [3.8, 4) is 0 Å². The van der Waals surface area contributed by atoms with Gasteiger partial charge < -0.3 is 16.0 Å². The Morgan fingerprint density at radius 3 is 2.72 bits per heavy atom. The molecule has 0 radical (unpaired) electrons. The van der Waals surface area contributed by atoms with E-state index >= 15 is 0 Å². The summed E-state index contributed by atoms with van der Waals surface area (Å²) < 4.78 is 1.22. The van der Waals surface area contributed by atoms with Gasteiger partial charge in [-0.2, -0.15) is 0 Å². The van der Waals surface area contributed by atoms with E-state index in [0.717, 1.165) is 19.0 Å². The van der Waals surface area contributed by atoms with E-state index in [0.29, 0.717) is 6.04 Å². The van der Waals surface area contributed by atoms with Gasteiger partial charge in [0.2, 0.25) is 0 Å². The molecule has 1 unspecified atom stereocenters. The molecule has 0 spiro atoms. The Morgan fingerprint density at radius 2 is 2.22 bits per heavy atom. The van der Waals surface area contributed by atoms with E-state index in [9.17, 15) is 0 Å². The first-order valence-corrected chi connectivity index (χ1v) is 8.20. The molecule has 0 amide bonds. The maximum Gasteiger partial charge on any atom is 0.0701 e. The van der Waals surface area contributed by atoms with E-state index in [1.807, 2.05) is 11.3 Å². The summed E-state index contributed by atoms with van der Waals surface area (Å²) in [5.41, 5.74) is 5.62. The maximum absolute atomic E-state index is 5.62. The maximum atomic E-state index is 5.62.